The van der Waals surface area contributed by atoms with Crippen LogP contribution in [0.3, 0.4) is 0 Å². The molecule has 104 valence electrons. The Morgan fingerprint density at radius 3 is 2.65 bits per heavy atom. The minimum atomic E-state index is 0.149. The average Bonchev–Trinajstić information content (AvgIpc) is 2.38. The molecule has 0 heterocycles. The standard InChI is InChI=1S/C17H17ClO2/c1-12-6-7-17(20-2)14(8-12)11-16(19)10-13-4-3-5-15(18)9-13/h3-9H,10-11H2,1-2H3. The number of aryl methyl sites for hydroxylation is 1. The third-order valence-electron chi connectivity index (χ3n) is 3.11. The Bertz CT molecular complexity index is 620. The lowest BCUT2D eigenvalue weighted by atomic mass is 10.0. The molecule has 3 heteroatoms. The highest BCUT2D eigenvalue weighted by Crippen LogP contribution is 2.21. The van der Waals surface area contributed by atoms with Gasteiger partial charge in [-0.1, -0.05) is 41.4 Å². The van der Waals surface area contributed by atoms with Gasteiger partial charge in [0.25, 0.3) is 0 Å². The molecule has 0 radical (unpaired) electrons. The van der Waals surface area contributed by atoms with E-state index in [-0.39, 0.29) is 5.78 Å². The minimum absolute atomic E-state index is 0.149. The van der Waals surface area contributed by atoms with Crippen molar-refractivity contribution in [3.05, 3.63) is 64.2 Å². The van der Waals surface area contributed by atoms with Gasteiger partial charge < -0.3 is 4.74 Å². The molecule has 2 rings (SSSR count). The number of benzene rings is 2. The summed E-state index contributed by atoms with van der Waals surface area (Å²) < 4.78 is 5.30. The van der Waals surface area contributed by atoms with E-state index >= 15 is 0 Å². The van der Waals surface area contributed by atoms with Gasteiger partial charge in [0.1, 0.15) is 11.5 Å². The molecule has 0 aliphatic rings. The zero-order valence-corrected chi connectivity index (χ0v) is 12.4. The number of methoxy groups -OCH3 is 1. The topological polar surface area (TPSA) is 26.3 Å². The first-order valence-corrected chi connectivity index (χ1v) is 6.86. The highest BCUT2D eigenvalue weighted by molar-refractivity contribution is 6.30. The number of Topliss-reactive ketones (excluding diaryl/α,β-unsaturated/α-hetero) is 1. The van der Waals surface area contributed by atoms with Crippen molar-refractivity contribution in [1.82, 2.24) is 0 Å². The lowest BCUT2D eigenvalue weighted by molar-refractivity contribution is -0.117. The van der Waals surface area contributed by atoms with Crippen LogP contribution < -0.4 is 4.74 Å². The van der Waals surface area contributed by atoms with Crippen LogP contribution in [-0.2, 0) is 17.6 Å². The smallest absolute Gasteiger partial charge is 0.141 e. The van der Waals surface area contributed by atoms with Crippen LogP contribution in [0.25, 0.3) is 0 Å². The fourth-order valence-electron chi connectivity index (χ4n) is 2.20. The Hall–Kier alpha value is -1.80. The maximum absolute atomic E-state index is 12.2. The fraction of sp³-hybridized carbons (Fsp3) is 0.235. The zero-order chi connectivity index (χ0) is 14.5. The second-order valence-electron chi connectivity index (χ2n) is 4.84. The summed E-state index contributed by atoms with van der Waals surface area (Å²) in [5, 5.41) is 0.656. The normalized spacial score (nSPS) is 10.3. The molecule has 0 amide bonds. The van der Waals surface area contributed by atoms with Gasteiger partial charge in [-0.2, -0.15) is 0 Å². The number of carbonyl (C=O) groups is 1. The first kappa shape index (κ1) is 14.6. The fourth-order valence-corrected chi connectivity index (χ4v) is 2.41. The summed E-state index contributed by atoms with van der Waals surface area (Å²) in [6, 6.07) is 13.3. The molecule has 0 spiro atoms. The molecule has 0 fully saturated rings. The van der Waals surface area contributed by atoms with Gasteiger partial charge in [-0.15, -0.1) is 0 Å². The molecular weight excluding hydrogens is 272 g/mol. The van der Waals surface area contributed by atoms with E-state index in [1.165, 1.54) is 0 Å². The predicted octanol–water partition coefficient (Wildman–Crippen LogP) is 4.01. The monoisotopic (exact) mass is 288 g/mol. The van der Waals surface area contributed by atoms with E-state index in [1.54, 1.807) is 13.2 Å². The number of rotatable bonds is 5. The second kappa shape index (κ2) is 6.58. The van der Waals surface area contributed by atoms with Gasteiger partial charge in [0.15, 0.2) is 0 Å². The van der Waals surface area contributed by atoms with Crippen molar-refractivity contribution in [2.45, 2.75) is 19.8 Å². The number of carbonyl (C=O) groups excluding carboxylic acids is 1. The molecule has 0 aliphatic heterocycles. The molecule has 0 aliphatic carbocycles. The van der Waals surface area contributed by atoms with Gasteiger partial charge in [-0.05, 0) is 30.7 Å². The molecule has 2 aromatic carbocycles. The third-order valence-corrected chi connectivity index (χ3v) is 3.35. The number of hydrogen-bond acceptors (Lipinski definition) is 2. The van der Waals surface area contributed by atoms with Crippen molar-refractivity contribution in [3.63, 3.8) is 0 Å². The molecule has 0 saturated heterocycles. The zero-order valence-electron chi connectivity index (χ0n) is 11.7. The first-order valence-electron chi connectivity index (χ1n) is 6.48. The summed E-state index contributed by atoms with van der Waals surface area (Å²) in [6.07, 6.45) is 0.759. The Kier molecular flexibility index (Phi) is 4.80. The Labute approximate surface area is 124 Å². The average molecular weight is 289 g/mol. The van der Waals surface area contributed by atoms with Gasteiger partial charge in [0.2, 0.25) is 0 Å². The quantitative estimate of drug-likeness (QED) is 0.831. The molecule has 0 unspecified atom stereocenters. The van der Waals surface area contributed by atoms with Crippen molar-refractivity contribution in [1.29, 1.82) is 0 Å². The van der Waals surface area contributed by atoms with Gasteiger partial charge in [-0.3, -0.25) is 4.79 Å². The maximum Gasteiger partial charge on any atom is 0.141 e. The molecule has 0 N–H and O–H groups in total. The van der Waals surface area contributed by atoms with E-state index in [0.29, 0.717) is 17.9 Å². The van der Waals surface area contributed by atoms with Crippen LogP contribution in [0.5, 0.6) is 5.75 Å². The molecule has 20 heavy (non-hydrogen) atoms. The Balaban J connectivity index is 2.10. The highest BCUT2D eigenvalue weighted by atomic mass is 35.5. The van der Waals surface area contributed by atoms with Crippen molar-refractivity contribution >= 4 is 17.4 Å². The van der Waals surface area contributed by atoms with E-state index in [2.05, 4.69) is 0 Å². The number of ether oxygens (including phenoxy) is 1. The van der Waals surface area contributed by atoms with Crippen LogP contribution >= 0.6 is 11.6 Å². The first-order chi connectivity index (χ1) is 9.58. The van der Waals surface area contributed by atoms with Crippen LogP contribution in [0.1, 0.15) is 16.7 Å². The van der Waals surface area contributed by atoms with E-state index < -0.39 is 0 Å². The number of halogens is 1. The molecule has 2 aromatic rings. The van der Waals surface area contributed by atoms with Crippen LogP contribution in [0, 0.1) is 6.92 Å². The molecule has 0 bridgehead atoms. The van der Waals surface area contributed by atoms with E-state index in [9.17, 15) is 4.79 Å². The van der Waals surface area contributed by atoms with E-state index in [1.807, 2.05) is 43.3 Å². The molecule has 0 saturated carbocycles. The summed E-state index contributed by atoms with van der Waals surface area (Å²) in [5.41, 5.74) is 2.99. The van der Waals surface area contributed by atoms with Crippen LogP contribution in [0.4, 0.5) is 0 Å². The minimum Gasteiger partial charge on any atom is -0.496 e. The Morgan fingerprint density at radius 2 is 1.95 bits per heavy atom. The number of hydrogen-bond donors (Lipinski definition) is 0. The SMILES string of the molecule is COc1ccc(C)cc1CC(=O)Cc1cccc(Cl)c1. The van der Waals surface area contributed by atoms with E-state index in [0.717, 1.165) is 22.4 Å². The van der Waals surface area contributed by atoms with Gasteiger partial charge in [0, 0.05) is 23.4 Å². The van der Waals surface area contributed by atoms with Gasteiger partial charge in [-0.25, -0.2) is 0 Å². The van der Waals surface area contributed by atoms with Crippen LogP contribution in [0.15, 0.2) is 42.5 Å². The summed E-state index contributed by atoms with van der Waals surface area (Å²) in [7, 11) is 1.62. The molecule has 0 atom stereocenters. The van der Waals surface area contributed by atoms with Gasteiger partial charge >= 0.3 is 0 Å². The third kappa shape index (κ3) is 3.84. The largest absolute Gasteiger partial charge is 0.496 e. The van der Waals surface area contributed by atoms with Crippen molar-refractivity contribution in [2.75, 3.05) is 7.11 Å². The summed E-state index contributed by atoms with van der Waals surface area (Å²) in [5.74, 6) is 0.909. The molecular formula is C17H17ClO2. The molecule has 0 aromatic heterocycles. The lowest BCUT2D eigenvalue weighted by Crippen LogP contribution is -2.08. The maximum atomic E-state index is 12.2. The highest BCUT2D eigenvalue weighted by Gasteiger charge is 2.10. The summed E-state index contributed by atoms with van der Waals surface area (Å²) in [6.45, 7) is 2.00. The summed E-state index contributed by atoms with van der Waals surface area (Å²) in [4.78, 5) is 12.2. The number of ketones is 1. The second-order valence-corrected chi connectivity index (χ2v) is 5.27. The lowest BCUT2D eigenvalue weighted by Gasteiger charge is -2.09. The predicted molar refractivity (Wildman–Crippen MR) is 81.6 cm³/mol. The van der Waals surface area contributed by atoms with Crippen molar-refractivity contribution < 1.29 is 9.53 Å². The van der Waals surface area contributed by atoms with Crippen LogP contribution in [0.2, 0.25) is 5.02 Å². The van der Waals surface area contributed by atoms with Crippen molar-refractivity contribution in [2.24, 2.45) is 0 Å². The van der Waals surface area contributed by atoms with E-state index in [4.69, 9.17) is 16.3 Å². The van der Waals surface area contributed by atoms with Crippen molar-refractivity contribution in [3.8, 4) is 5.75 Å². The van der Waals surface area contributed by atoms with Gasteiger partial charge in [0.05, 0.1) is 7.11 Å². The summed E-state index contributed by atoms with van der Waals surface area (Å²) >= 11 is 5.93. The Morgan fingerprint density at radius 1 is 1.15 bits per heavy atom. The van der Waals surface area contributed by atoms with Crippen LogP contribution in [-0.4, -0.2) is 12.9 Å². The molecule has 2 nitrogen and oxygen atoms in total.